The van der Waals surface area contributed by atoms with Crippen LogP contribution in [0.4, 0.5) is 0 Å². The third-order valence-electron chi connectivity index (χ3n) is 2.51. The molecule has 19 heavy (non-hydrogen) atoms. The van der Waals surface area contributed by atoms with E-state index >= 15 is 0 Å². The fourth-order valence-electron chi connectivity index (χ4n) is 1.50. The van der Waals surface area contributed by atoms with E-state index in [0.29, 0.717) is 19.8 Å². The fourth-order valence-corrected chi connectivity index (χ4v) is 1.88. The normalized spacial score (nSPS) is 14.1. The molecule has 0 radical (unpaired) electrons. The molecule has 2 atom stereocenters. The first-order valence-corrected chi connectivity index (χ1v) is 7.28. The Labute approximate surface area is 123 Å². The number of rotatable bonds is 9. The zero-order valence-corrected chi connectivity index (χ0v) is 13.0. The van der Waals surface area contributed by atoms with Gasteiger partial charge in [0.25, 0.3) is 0 Å². The highest BCUT2D eigenvalue weighted by Gasteiger charge is 2.08. The second-order valence-electron chi connectivity index (χ2n) is 4.39. The minimum Gasteiger partial charge on any atom is -0.491 e. The van der Waals surface area contributed by atoms with Crippen molar-refractivity contribution >= 4 is 15.9 Å². The van der Waals surface area contributed by atoms with E-state index in [0.717, 1.165) is 10.2 Å². The Morgan fingerprint density at radius 1 is 1.37 bits per heavy atom. The highest BCUT2D eigenvalue weighted by Crippen LogP contribution is 2.17. The molecule has 0 fully saturated rings. The Morgan fingerprint density at radius 3 is 2.84 bits per heavy atom. The molecule has 0 aliphatic heterocycles. The first-order chi connectivity index (χ1) is 9.11. The number of benzene rings is 1. The van der Waals surface area contributed by atoms with Crippen LogP contribution in [0, 0.1) is 0 Å². The molecule has 0 spiro atoms. The second kappa shape index (κ2) is 9.31. The molecule has 0 saturated carbocycles. The maximum Gasteiger partial charge on any atom is 0.120 e. The van der Waals surface area contributed by atoms with E-state index in [2.05, 4.69) is 21.2 Å². The molecule has 0 aromatic heterocycles. The summed E-state index contributed by atoms with van der Waals surface area (Å²) >= 11 is 3.37. The van der Waals surface area contributed by atoms with Gasteiger partial charge in [0.2, 0.25) is 0 Å². The standard InChI is InChI=1S/C14H22BrNO3/c1-3-18-9-11(2)16-8-13(17)10-19-14-6-4-5-12(15)7-14/h4-7,11,13,16-17H,3,8-10H2,1-2H3. The van der Waals surface area contributed by atoms with Crippen LogP contribution in [-0.4, -0.2) is 43.6 Å². The van der Waals surface area contributed by atoms with Crippen LogP contribution < -0.4 is 10.1 Å². The third kappa shape index (κ3) is 7.52. The molecule has 2 N–H and O–H groups in total. The summed E-state index contributed by atoms with van der Waals surface area (Å²) in [6.45, 7) is 6.11. The Bertz CT molecular complexity index is 362. The zero-order chi connectivity index (χ0) is 14.1. The van der Waals surface area contributed by atoms with Crippen molar-refractivity contribution in [3.8, 4) is 5.75 Å². The number of aliphatic hydroxyl groups excluding tert-OH is 1. The third-order valence-corrected chi connectivity index (χ3v) is 3.01. The lowest BCUT2D eigenvalue weighted by Gasteiger charge is -2.17. The van der Waals surface area contributed by atoms with E-state index < -0.39 is 6.10 Å². The molecule has 0 amide bonds. The lowest BCUT2D eigenvalue weighted by atomic mass is 10.3. The van der Waals surface area contributed by atoms with Crippen LogP contribution in [0.1, 0.15) is 13.8 Å². The van der Waals surface area contributed by atoms with Crippen LogP contribution in [0.3, 0.4) is 0 Å². The fraction of sp³-hybridized carbons (Fsp3) is 0.571. The summed E-state index contributed by atoms with van der Waals surface area (Å²) < 4.78 is 11.8. The largest absolute Gasteiger partial charge is 0.491 e. The summed E-state index contributed by atoms with van der Waals surface area (Å²) in [7, 11) is 0. The zero-order valence-electron chi connectivity index (χ0n) is 11.4. The molecule has 5 heteroatoms. The minimum atomic E-state index is -0.539. The van der Waals surface area contributed by atoms with Gasteiger partial charge in [-0.15, -0.1) is 0 Å². The van der Waals surface area contributed by atoms with Gasteiger partial charge < -0.3 is 19.9 Å². The quantitative estimate of drug-likeness (QED) is 0.728. The highest BCUT2D eigenvalue weighted by atomic mass is 79.9. The molecule has 0 heterocycles. The van der Waals surface area contributed by atoms with Crippen LogP contribution in [-0.2, 0) is 4.74 Å². The average molecular weight is 332 g/mol. The van der Waals surface area contributed by atoms with Gasteiger partial charge in [0.1, 0.15) is 18.5 Å². The summed E-state index contributed by atoms with van der Waals surface area (Å²) in [6.07, 6.45) is -0.539. The Kier molecular flexibility index (Phi) is 8.05. The SMILES string of the molecule is CCOCC(C)NCC(O)COc1cccc(Br)c1. The van der Waals surface area contributed by atoms with Gasteiger partial charge in [0.15, 0.2) is 0 Å². The van der Waals surface area contributed by atoms with Crippen molar-refractivity contribution in [3.05, 3.63) is 28.7 Å². The van der Waals surface area contributed by atoms with E-state index in [-0.39, 0.29) is 12.6 Å². The van der Waals surface area contributed by atoms with Gasteiger partial charge >= 0.3 is 0 Å². The van der Waals surface area contributed by atoms with E-state index in [1.165, 1.54) is 0 Å². The summed E-state index contributed by atoms with van der Waals surface area (Å²) in [6, 6.07) is 7.79. The first kappa shape index (κ1) is 16.4. The average Bonchev–Trinajstić information content (AvgIpc) is 2.40. The van der Waals surface area contributed by atoms with E-state index in [4.69, 9.17) is 9.47 Å². The summed E-state index contributed by atoms with van der Waals surface area (Å²) in [5.41, 5.74) is 0. The first-order valence-electron chi connectivity index (χ1n) is 6.49. The molecule has 2 unspecified atom stereocenters. The monoisotopic (exact) mass is 331 g/mol. The number of hydrogen-bond donors (Lipinski definition) is 2. The summed E-state index contributed by atoms with van der Waals surface area (Å²) in [4.78, 5) is 0. The maximum atomic E-state index is 9.81. The summed E-state index contributed by atoms with van der Waals surface area (Å²) in [5.74, 6) is 0.746. The van der Waals surface area contributed by atoms with E-state index in [1.54, 1.807) is 0 Å². The number of nitrogens with one attached hydrogen (secondary N) is 1. The van der Waals surface area contributed by atoms with Crippen LogP contribution >= 0.6 is 15.9 Å². The molecule has 108 valence electrons. The van der Waals surface area contributed by atoms with Gasteiger partial charge in [-0.2, -0.15) is 0 Å². The van der Waals surface area contributed by atoms with Crippen molar-refractivity contribution in [2.75, 3.05) is 26.4 Å². The van der Waals surface area contributed by atoms with Gasteiger partial charge in [0, 0.05) is 23.7 Å². The lowest BCUT2D eigenvalue weighted by molar-refractivity contribution is 0.0907. The number of aliphatic hydroxyl groups is 1. The lowest BCUT2D eigenvalue weighted by Crippen LogP contribution is -2.38. The molecule has 0 aliphatic rings. The van der Waals surface area contributed by atoms with E-state index in [1.807, 2.05) is 38.1 Å². The van der Waals surface area contributed by atoms with Crippen LogP contribution in [0.25, 0.3) is 0 Å². The van der Waals surface area contributed by atoms with E-state index in [9.17, 15) is 5.11 Å². The van der Waals surface area contributed by atoms with Crippen LogP contribution in [0.2, 0.25) is 0 Å². The van der Waals surface area contributed by atoms with Gasteiger partial charge in [-0.05, 0) is 32.0 Å². The van der Waals surface area contributed by atoms with Crippen molar-refractivity contribution in [1.82, 2.24) is 5.32 Å². The highest BCUT2D eigenvalue weighted by molar-refractivity contribution is 9.10. The number of halogens is 1. The molecule has 1 rings (SSSR count). The molecule has 1 aromatic rings. The molecule has 4 nitrogen and oxygen atoms in total. The minimum absolute atomic E-state index is 0.223. The summed E-state index contributed by atoms with van der Waals surface area (Å²) in [5, 5.41) is 13.0. The van der Waals surface area contributed by atoms with Crippen LogP contribution in [0.15, 0.2) is 28.7 Å². The van der Waals surface area contributed by atoms with Gasteiger partial charge in [-0.25, -0.2) is 0 Å². The maximum absolute atomic E-state index is 9.81. The van der Waals surface area contributed by atoms with Gasteiger partial charge in [0.05, 0.1) is 6.61 Å². The predicted octanol–water partition coefficient (Wildman–Crippen LogP) is 2.20. The van der Waals surface area contributed by atoms with Crippen LogP contribution in [0.5, 0.6) is 5.75 Å². The topological polar surface area (TPSA) is 50.7 Å². The van der Waals surface area contributed by atoms with Crippen molar-refractivity contribution in [2.45, 2.75) is 26.0 Å². The molecule has 0 aliphatic carbocycles. The molecular formula is C14H22BrNO3. The van der Waals surface area contributed by atoms with Gasteiger partial charge in [-0.3, -0.25) is 0 Å². The second-order valence-corrected chi connectivity index (χ2v) is 5.31. The number of ether oxygens (including phenoxy) is 2. The van der Waals surface area contributed by atoms with Crippen molar-refractivity contribution in [3.63, 3.8) is 0 Å². The Morgan fingerprint density at radius 2 is 2.16 bits per heavy atom. The Hall–Kier alpha value is -0.620. The molecule has 0 bridgehead atoms. The molecular weight excluding hydrogens is 310 g/mol. The van der Waals surface area contributed by atoms with Gasteiger partial charge in [-0.1, -0.05) is 22.0 Å². The molecule has 0 saturated heterocycles. The predicted molar refractivity (Wildman–Crippen MR) is 79.6 cm³/mol. The number of hydrogen-bond acceptors (Lipinski definition) is 4. The van der Waals surface area contributed by atoms with Crippen molar-refractivity contribution < 1.29 is 14.6 Å². The smallest absolute Gasteiger partial charge is 0.120 e. The van der Waals surface area contributed by atoms with Crippen molar-refractivity contribution in [2.24, 2.45) is 0 Å². The Balaban J connectivity index is 2.19. The van der Waals surface area contributed by atoms with Crippen molar-refractivity contribution in [1.29, 1.82) is 0 Å². The molecule has 1 aromatic carbocycles.